The first kappa shape index (κ1) is 32.4. The smallest absolute Gasteiger partial charge is 0.101 e. The van der Waals surface area contributed by atoms with Crippen molar-refractivity contribution in [3.63, 3.8) is 0 Å². The van der Waals surface area contributed by atoms with E-state index >= 15 is 0 Å². The van der Waals surface area contributed by atoms with E-state index in [4.69, 9.17) is 0 Å². The minimum absolute atomic E-state index is 0.643. The molecule has 0 fully saturated rings. The minimum atomic E-state index is 0.643. The van der Waals surface area contributed by atoms with Crippen LogP contribution in [0.4, 0.5) is 0 Å². The van der Waals surface area contributed by atoms with E-state index in [2.05, 4.69) is 43.0 Å². The van der Waals surface area contributed by atoms with Gasteiger partial charge in [0, 0.05) is 25.5 Å². The van der Waals surface area contributed by atoms with Crippen LogP contribution in [0, 0.1) is 0 Å². The number of hydrogen-bond acceptors (Lipinski definition) is 2. The Bertz CT molecular complexity index is 446. The van der Waals surface area contributed by atoms with Gasteiger partial charge in [-0.1, -0.05) is 156 Å². The normalized spacial score (nSPS) is 15.6. The van der Waals surface area contributed by atoms with Crippen molar-refractivity contribution in [1.29, 1.82) is 0 Å². The second kappa shape index (κ2) is 25.0. The van der Waals surface area contributed by atoms with Crippen molar-refractivity contribution in [2.75, 3.05) is 13.1 Å². The average molecular weight is 491 g/mol. The van der Waals surface area contributed by atoms with Crippen molar-refractivity contribution >= 4 is 0 Å². The summed E-state index contributed by atoms with van der Waals surface area (Å²) in [6, 6.07) is 0. The molecule has 0 saturated heterocycles. The van der Waals surface area contributed by atoms with Gasteiger partial charge in [0.05, 0.1) is 0 Å². The van der Waals surface area contributed by atoms with Crippen molar-refractivity contribution in [1.82, 2.24) is 9.80 Å². The van der Waals surface area contributed by atoms with Crippen LogP contribution in [0.1, 0.15) is 181 Å². The van der Waals surface area contributed by atoms with Crippen molar-refractivity contribution in [3.8, 4) is 0 Å². The highest BCUT2D eigenvalue weighted by atomic mass is 15.4. The predicted octanol–water partition coefficient (Wildman–Crippen LogP) is 11.2. The standard InChI is InChI=1S/C33H66N2/c1-4-7-10-13-16-18-21-24-27-30-35-32-31-34(29-26-23-20-15-12-9-6-3)33(35)28-25-22-19-17-14-11-8-5-2/h31-33H,4-30H2,1-3H3. The summed E-state index contributed by atoms with van der Waals surface area (Å²) < 4.78 is 0. The maximum absolute atomic E-state index is 2.70. The summed E-state index contributed by atoms with van der Waals surface area (Å²) in [5.41, 5.74) is 0. The van der Waals surface area contributed by atoms with Gasteiger partial charge in [-0.15, -0.1) is 0 Å². The first-order valence-electron chi connectivity index (χ1n) is 16.5. The van der Waals surface area contributed by atoms with Crippen LogP contribution in [-0.4, -0.2) is 29.1 Å². The monoisotopic (exact) mass is 491 g/mol. The topological polar surface area (TPSA) is 6.48 Å². The molecule has 1 unspecified atom stereocenters. The third kappa shape index (κ3) is 18.3. The fourth-order valence-corrected chi connectivity index (χ4v) is 5.66. The first-order valence-corrected chi connectivity index (χ1v) is 16.5. The summed E-state index contributed by atoms with van der Waals surface area (Å²) >= 11 is 0. The van der Waals surface area contributed by atoms with E-state index in [9.17, 15) is 0 Å². The Morgan fingerprint density at radius 3 is 1.00 bits per heavy atom. The van der Waals surface area contributed by atoms with E-state index in [1.807, 2.05) is 0 Å². The molecule has 208 valence electrons. The zero-order valence-corrected chi connectivity index (χ0v) is 24.7. The molecule has 1 atom stereocenters. The van der Waals surface area contributed by atoms with Gasteiger partial charge < -0.3 is 9.80 Å². The lowest BCUT2D eigenvalue weighted by Crippen LogP contribution is -2.39. The summed E-state index contributed by atoms with van der Waals surface area (Å²) in [7, 11) is 0. The molecule has 0 aliphatic carbocycles. The largest absolute Gasteiger partial charge is 0.356 e. The number of unbranched alkanes of at least 4 members (excludes halogenated alkanes) is 21. The highest BCUT2D eigenvalue weighted by molar-refractivity contribution is 4.97. The van der Waals surface area contributed by atoms with Crippen LogP contribution in [0.2, 0.25) is 0 Å². The fraction of sp³-hybridized carbons (Fsp3) is 0.939. The second-order valence-electron chi connectivity index (χ2n) is 11.5. The molecule has 0 aromatic carbocycles. The van der Waals surface area contributed by atoms with Crippen LogP contribution in [0.15, 0.2) is 12.4 Å². The van der Waals surface area contributed by atoms with Gasteiger partial charge in [0.25, 0.3) is 0 Å². The van der Waals surface area contributed by atoms with Crippen LogP contribution in [-0.2, 0) is 0 Å². The number of rotatable bonds is 27. The molecule has 35 heavy (non-hydrogen) atoms. The number of hydrogen-bond donors (Lipinski definition) is 0. The highest BCUT2D eigenvalue weighted by Gasteiger charge is 2.24. The molecule has 0 N–H and O–H groups in total. The molecular formula is C33H66N2. The summed E-state index contributed by atoms with van der Waals surface area (Å²) in [4.78, 5) is 5.39. The van der Waals surface area contributed by atoms with Gasteiger partial charge >= 0.3 is 0 Å². The Kier molecular flexibility index (Phi) is 23.1. The predicted molar refractivity (Wildman–Crippen MR) is 159 cm³/mol. The van der Waals surface area contributed by atoms with Crippen molar-refractivity contribution in [2.24, 2.45) is 0 Å². The van der Waals surface area contributed by atoms with E-state index in [1.165, 1.54) is 174 Å². The Labute approximate surface area is 222 Å². The summed E-state index contributed by atoms with van der Waals surface area (Å²) in [5, 5.41) is 0. The van der Waals surface area contributed by atoms with Crippen molar-refractivity contribution in [2.45, 2.75) is 187 Å². The van der Waals surface area contributed by atoms with Crippen molar-refractivity contribution in [3.05, 3.63) is 12.4 Å². The van der Waals surface area contributed by atoms with E-state index in [0.29, 0.717) is 6.17 Å². The third-order valence-electron chi connectivity index (χ3n) is 8.07. The lowest BCUT2D eigenvalue weighted by Gasteiger charge is -2.33. The Hall–Kier alpha value is -0.660. The molecule has 2 heteroatoms. The molecule has 0 spiro atoms. The van der Waals surface area contributed by atoms with Gasteiger partial charge in [-0.2, -0.15) is 0 Å². The van der Waals surface area contributed by atoms with Gasteiger partial charge in [-0.25, -0.2) is 0 Å². The maximum Gasteiger partial charge on any atom is 0.101 e. The van der Waals surface area contributed by atoms with Crippen molar-refractivity contribution < 1.29 is 0 Å². The third-order valence-corrected chi connectivity index (χ3v) is 8.07. The molecule has 1 aliphatic rings. The average Bonchev–Trinajstić information content (AvgIpc) is 3.25. The molecule has 0 aromatic rings. The van der Waals surface area contributed by atoms with Crippen LogP contribution < -0.4 is 0 Å². The Morgan fingerprint density at radius 2 is 0.657 bits per heavy atom. The molecular weight excluding hydrogens is 424 g/mol. The quantitative estimate of drug-likeness (QED) is 0.106. The van der Waals surface area contributed by atoms with E-state index in [0.717, 1.165) is 0 Å². The second-order valence-corrected chi connectivity index (χ2v) is 11.5. The zero-order valence-electron chi connectivity index (χ0n) is 24.7. The minimum Gasteiger partial charge on any atom is -0.356 e. The van der Waals surface area contributed by atoms with E-state index in [-0.39, 0.29) is 0 Å². The van der Waals surface area contributed by atoms with Gasteiger partial charge in [-0.05, 0) is 25.7 Å². The SMILES string of the molecule is CCCCCCCCCCCN1C=CN(CCCCCCCCC)C1CCCCCCCCCC. The van der Waals surface area contributed by atoms with E-state index in [1.54, 1.807) is 0 Å². The van der Waals surface area contributed by atoms with E-state index < -0.39 is 0 Å². The molecule has 1 heterocycles. The first-order chi connectivity index (χ1) is 17.3. The summed E-state index contributed by atoms with van der Waals surface area (Å²) in [6.45, 7) is 9.47. The molecule has 1 aliphatic heterocycles. The Balaban J connectivity index is 2.27. The fourth-order valence-electron chi connectivity index (χ4n) is 5.66. The van der Waals surface area contributed by atoms with Gasteiger partial charge in [-0.3, -0.25) is 0 Å². The summed E-state index contributed by atoms with van der Waals surface area (Å²) in [6.07, 6.45) is 41.0. The van der Waals surface area contributed by atoms with Gasteiger partial charge in [0.15, 0.2) is 0 Å². The van der Waals surface area contributed by atoms with Crippen LogP contribution in [0.25, 0.3) is 0 Å². The lowest BCUT2D eigenvalue weighted by molar-refractivity contribution is 0.135. The van der Waals surface area contributed by atoms with Gasteiger partial charge in [0.1, 0.15) is 6.17 Å². The molecule has 2 nitrogen and oxygen atoms in total. The lowest BCUT2D eigenvalue weighted by atomic mass is 10.1. The molecule has 1 rings (SSSR count). The Morgan fingerprint density at radius 1 is 0.371 bits per heavy atom. The zero-order chi connectivity index (χ0) is 25.2. The van der Waals surface area contributed by atoms with Crippen LogP contribution in [0.3, 0.4) is 0 Å². The molecule has 0 aromatic heterocycles. The van der Waals surface area contributed by atoms with Crippen LogP contribution in [0.5, 0.6) is 0 Å². The van der Waals surface area contributed by atoms with Crippen LogP contribution >= 0.6 is 0 Å². The maximum atomic E-state index is 2.70. The molecule has 0 bridgehead atoms. The molecule has 0 amide bonds. The number of nitrogens with zero attached hydrogens (tertiary/aromatic N) is 2. The molecule has 0 saturated carbocycles. The van der Waals surface area contributed by atoms with Gasteiger partial charge in [0.2, 0.25) is 0 Å². The summed E-state index contributed by atoms with van der Waals surface area (Å²) in [5.74, 6) is 0. The molecule has 0 radical (unpaired) electrons. The highest BCUT2D eigenvalue weighted by Crippen LogP contribution is 2.24.